The van der Waals surface area contributed by atoms with Gasteiger partial charge in [-0.3, -0.25) is 10.1 Å². The monoisotopic (exact) mass is 446 g/mol. The van der Waals surface area contributed by atoms with Gasteiger partial charge in [0, 0.05) is 23.8 Å². The van der Waals surface area contributed by atoms with E-state index in [9.17, 15) is 10.1 Å². The molecule has 1 aromatic carbocycles. The van der Waals surface area contributed by atoms with Gasteiger partial charge in [-0.1, -0.05) is 25.4 Å². The zero-order valence-electron chi connectivity index (χ0n) is 18.3. The van der Waals surface area contributed by atoms with Crippen LogP contribution in [0.2, 0.25) is 5.02 Å². The molecular weight excluding hydrogens is 416 g/mol. The van der Waals surface area contributed by atoms with Crippen LogP contribution < -0.4 is 10.2 Å². The molecule has 3 rings (SSSR count). The zero-order valence-corrected chi connectivity index (χ0v) is 19.0. The van der Waals surface area contributed by atoms with Crippen molar-refractivity contribution < 1.29 is 4.92 Å². The Bertz CT molecular complexity index is 860. The number of rotatable bonds is 10. The van der Waals surface area contributed by atoms with Crippen molar-refractivity contribution in [2.24, 2.45) is 5.92 Å². The molecule has 31 heavy (non-hydrogen) atoms. The highest BCUT2D eigenvalue weighted by atomic mass is 35.5. The van der Waals surface area contributed by atoms with Crippen LogP contribution in [0.25, 0.3) is 0 Å². The molecule has 0 aliphatic carbocycles. The summed E-state index contributed by atoms with van der Waals surface area (Å²) in [6.07, 6.45) is 5.74. The molecule has 9 heteroatoms. The number of benzene rings is 1. The van der Waals surface area contributed by atoms with Gasteiger partial charge in [0.25, 0.3) is 0 Å². The number of aromatic nitrogens is 2. The highest BCUT2D eigenvalue weighted by Gasteiger charge is 2.28. The van der Waals surface area contributed by atoms with Crippen LogP contribution in [-0.4, -0.2) is 52.5 Å². The summed E-state index contributed by atoms with van der Waals surface area (Å²) in [7, 11) is 0. The van der Waals surface area contributed by atoms with Crippen molar-refractivity contribution in [3.05, 3.63) is 45.6 Å². The molecule has 0 amide bonds. The summed E-state index contributed by atoms with van der Waals surface area (Å²) >= 11 is 5.94. The van der Waals surface area contributed by atoms with E-state index in [4.69, 9.17) is 11.6 Å². The van der Waals surface area contributed by atoms with E-state index in [0.29, 0.717) is 22.7 Å². The minimum atomic E-state index is -0.397. The Balaban J connectivity index is 1.71. The third-order valence-corrected chi connectivity index (χ3v) is 6.10. The Morgan fingerprint density at radius 3 is 2.71 bits per heavy atom. The summed E-state index contributed by atoms with van der Waals surface area (Å²) in [6, 6.07) is 7.17. The summed E-state index contributed by atoms with van der Waals surface area (Å²) in [5.74, 6) is 1.25. The number of nitrogens with zero attached hydrogens (tertiary/aromatic N) is 5. The van der Waals surface area contributed by atoms with Crippen molar-refractivity contribution in [2.45, 2.75) is 39.5 Å². The van der Waals surface area contributed by atoms with E-state index in [1.807, 2.05) is 12.1 Å². The molecule has 1 saturated heterocycles. The SMILES string of the molecule is CCN(CC)CCCC1CCCN(c2nc(Nc3ccc(Cl)cc3)ncc2[N+](=O)[O-])C1. The first-order valence-corrected chi connectivity index (χ1v) is 11.4. The maximum Gasteiger partial charge on any atom is 0.329 e. The van der Waals surface area contributed by atoms with Crippen LogP contribution in [0.15, 0.2) is 30.5 Å². The summed E-state index contributed by atoms with van der Waals surface area (Å²) in [4.78, 5) is 24.4. The summed E-state index contributed by atoms with van der Waals surface area (Å²) in [6.45, 7) is 9.19. The van der Waals surface area contributed by atoms with Crippen LogP contribution >= 0.6 is 11.6 Å². The minimum Gasteiger partial charge on any atom is -0.350 e. The Morgan fingerprint density at radius 1 is 1.29 bits per heavy atom. The van der Waals surface area contributed by atoms with Crippen LogP contribution in [0.5, 0.6) is 0 Å². The first-order valence-electron chi connectivity index (χ1n) is 11.0. The van der Waals surface area contributed by atoms with Crippen LogP contribution in [0.1, 0.15) is 39.5 Å². The Labute approximate surface area is 188 Å². The van der Waals surface area contributed by atoms with Gasteiger partial charge in [0.1, 0.15) is 6.20 Å². The van der Waals surface area contributed by atoms with E-state index in [2.05, 4.69) is 38.9 Å². The minimum absolute atomic E-state index is 0.0505. The van der Waals surface area contributed by atoms with E-state index in [1.165, 1.54) is 6.20 Å². The van der Waals surface area contributed by atoms with Crippen LogP contribution in [0, 0.1) is 16.0 Å². The van der Waals surface area contributed by atoms with E-state index in [1.54, 1.807) is 12.1 Å². The van der Waals surface area contributed by atoms with Crippen molar-refractivity contribution >= 4 is 34.7 Å². The van der Waals surface area contributed by atoms with Crippen molar-refractivity contribution in [3.63, 3.8) is 0 Å². The molecule has 0 spiro atoms. The van der Waals surface area contributed by atoms with Gasteiger partial charge in [-0.25, -0.2) is 4.98 Å². The zero-order chi connectivity index (χ0) is 22.2. The lowest BCUT2D eigenvalue weighted by Gasteiger charge is -2.33. The van der Waals surface area contributed by atoms with E-state index in [0.717, 1.165) is 64.1 Å². The van der Waals surface area contributed by atoms with Crippen molar-refractivity contribution in [1.82, 2.24) is 14.9 Å². The molecule has 168 valence electrons. The number of hydrogen-bond acceptors (Lipinski definition) is 7. The smallest absolute Gasteiger partial charge is 0.329 e. The molecule has 1 N–H and O–H groups in total. The summed E-state index contributed by atoms with van der Waals surface area (Å²) in [5, 5.41) is 15.4. The van der Waals surface area contributed by atoms with E-state index < -0.39 is 4.92 Å². The predicted octanol–water partition coefficient (Wildman–Crippen LogP) is 5.12. The number of halogens is 1. The number of piperidine rings is 1. The molecule has 2 aromatic rings. The van der Waals surface area contributed by atoms with Gasteiger partial charge in [0.2, 0.25) is 11.8 Å². The van der Waals surface area contributed by atoms with Gasteiger partial charge < -0.3 is 15.1 Å². The lowest BCUT2D eigenvalue weighted by atomic mass is 9.93. The lowest BCUT2D eigenvalue weighted by molar-refractivity contribution is -0.384. The van der Waals surface area contributed by atoms with Crippen molar-refractivity contribution in [1.29, 1.82) is 0 Å². The normalized spacial score (nSPS) is 16.5. The highest BCUT2D eigenvalue weighted by Crippen LogP contribution is 2.32. The van der Waals surface area contributed by atoms with Crippen molar-refractivity contribution in [2.75, 3.05) is 42.9 Å². The first-order chi connectivity index (χ1) is 15.0. The van der Waals surface area contributed by atoms with Gasteiger partial charge in [0.15, 0.2) is 0 Å². The van der Waals surface area contributed by atoms with E-state index >= 15 is 0 Å². The number of anilines is 3. The van der Waals surface area contributed by atoms with Crippen LogP contribution in [0.3, 0.4) is 0 Å². The lowest BCUT2D eigenvalue weighted by Crippen LogP contribution is -2.37. The fourth-order valence-corrected chi connectivity index (χ4v) is 4.21. The molecular formula is C22H31ClN6O2. The second-order valence-electron chi connectivity index (χ2n) is 7.91. The molecule has 1 aromatic heterocycles. The second kappa shape index (κ2) is 11.2. The summed E-state index contributed by atoms with van der Waals surface area (Å²) < 4.78 is 0. The maximum absolute atomic E-state index is 11.6. The number of nitro groups is 1. The topological polar surface area (TPSA) is 87.4 Å². The fourth-order valence-electron chi connectivity index (χ4n) is 4.09. The third-order valence-electron chi connectivity index (χ3n) is 5.85. The molecule has 1 fully saturated rings. The van der Waals surface area contributed by atoms with Crippen LogP contribution in [-0.2, 0) is 0 Å². The summed E-state index contributed by atoms with van der Waals surface area (Å²) in [5.41, 5.74) is 0.725. The molecule has 0 bridgehead atoms. The average molecular weight is 447 g/mol. The van der Waals surface area contributed by atoms with Crippen LogP contribution in [0.4, 0.5) is 23.1 Å². The molecule has 2 heterocycles. The Kier molecular flexibility index (Phi) is 8.43. The maximum atomic E-state index is 11.6. The van der Waals surface area contributed by atoms with Gasteiger partial charge in [-0.2, -0.15) is 4.98 Å². The highest BCUT2D eigenvalue weighted by molar-refractivity contribution is 6.30. The molecule has 1 atom stereocenters. The molecule has 0 radical (unpaired) electrons. The fraction of sp³-hybridized carbons (Fsp3) is 0.545. The average Bonchev–Trinajstić information content (AvgIpc) is 2.78. The molecule has 0 saturated carbocycles. The first kappa shape index (κ1) is 23.2. The van der Waals surface area contributed by atoms with Gasteiger partial charge in [0.05, 0.1) is 4.92 Å². The second-order valence-corrected chi connectivity index (χ2v) is 8.35. The Morgan fingerprint density at radius 2 is 2.03 bits per heavy atom. The molecule has 1 aliphatic rings. The molecule has 8 nitrogen and oxygen atoms in total. The third kappa shape index (κ3) is 6.51. The van der Waals surface area contributed by atoms with Gasteiger partial charge >= 0.3 is 5.69 Å². The molecule has 1 aliphatic heterocycles. The molecule has 1 unspecified atom stereocenters. The quantitative estimate of drug-likeness (QED) is 0.400. The number of nitrogens with one attached hydrogen (secondary N) is 1. The van der Waals surface area contributed by atoms with E-state index in [-0.39, 0.29) is 5.69 Å². The van der Waals surface area contributed by atoms with Gasteiger partial charge in [-0.05, 0) is 75.5 Å². The predicted molar refractivity (Wildman–Crippen MR) is 125 cm³/mol. The Hall–Kier alpha value is -2.45. The number of hydrogen-bond donors (Lipinski definition) is 1. The largest absolute Gasteiger partial charge is 0.350 e. The van der Waals surface area contributed by atoms with Gasteiger partial charge in [-0.15, -0.1) is 0 Å². The van der Waals surface area contributed by atoms with Crippen molar-refractivity contribution in [3.8, 4) is 0 Å². The standard InChI is InChI=1S/C22H31ClN6O2/c1-3-27(4-2)13-5-7-17-8-6-14-28(16-17)21-20(29(30)31)15-24-22(26-21)25-19-11-9-18(23)10-12-19/h9-12,15,17H,3-8,13-14,16H2,1-2H3,(H,24,25,26).